The first-order valence-corrected chi connectivity index (χ1v) is 8.78. The fraction of sp³-hybridized carbons (Fsp3) is 1.00. The smallest absolute Gasteiger partial charge is 0.0897 e. The number of nitrogens with one attached hydrogen (secondary N) is 1. The van der Waals surface area contributed by atoms with Crippen molar-refractivity contribution in [1.29, 1.82) is 0 Å². The van der Waals surface area contributed by atoms with Gasteiger partial charge in [-0.3, -0.25) is 0 Å². The van der Waals surface area contributed by atoms with Crippen molar-refractivity contribution in [3.63, 3.8) is 0 Å². The van der Waals surface area contributed by atoms with E-state index in [4.69, 9.17) is 9.47 Å². The lowest BCUT2D eigenvalue weighted by Crippen LogP contribution is -2.33. The minimum absolute atomic E-state index is 0.423. The zero-order valence-electron chi connectivity index (χ0n) is 14.4. The van der Waals surface area contributed by atoms with Crippen LogP contribution in [0.2, 0.25) is 0 Å². The number of aliphatic hydroxyl groups is 1. The number of aliphatic hydroxyl groups excluding tert-OH is 1. The van der Waals surface area contributed by atoms with Crippen molar-refractivity contribution in [2.75, 3.05) is 39.5 Å². The Hall–Kier alpha value is -0.160. The van der Waals surface area contributed by atoms with Crippen LogP contribution in [0, 0.1) is 5.92 Å². The minimum Gasteiger partial charge on any atom is -0.389 e. The average molecular weight is 303 g/mol. The fourth-order valence-electron chi connectivity index (χ4n) is 2.09. The molecule has 0 amide bonds. The standard InChI is InChI=1S/C17H37NO3/c1-4-7-9-16(6-3)14-21-15-17(19)13-18-10-12-20-11-8-5-2/h16-19H,4-15H2,1-3H3. The summed E-state index contributed by atoms with van der Waals surface area (Å²) in [5, 5.41) is 13.0. The lowest BCUT2D eigenvalue weighted by Gasteiger charge is -2.17. The van der Waals surface area contributed by atoms with Crippen molar-refractivity contribution in [2.45, 2.75) is 65.4 Å². The molecule has 2 N–H and O–H groups in total. The highest BCUT2D eigenvalue weighted by Crippen LogP contribution is 2.12. The van der Waals surface area contributed by atoms with Gasteiger partial charge in [0.05, 0.1) is 19.3 Å². The molecule has 2 atom stereocenters. The van der Waals surface area contributed by atoms with Gasteiger partial charge in [-0.1, -0.05) is 46.5 Å². The summed E-state index contributed by atoms with van der Waals surface area (Å²) in [4.78, 5) is 0. The first-order chi connectivity index (χ1) is 10.2. The Morgan fingerprint density at radius 3 is 2.38 bits per heavy atom. The van der Waals surface area contributed by atoms with E-state index in [1.54, 1.807) is 0 Å². The Morgan fingerprint density at radius 1 is 0.952 bits per heavy atom. The van der Waals surface area contributed by atoms with Crippen molar-refractivity contribution < 1.29 is 14.6 Å². The maximum absolute atomic E-state index is 9.82. The van der Waals surface area contributed by atoms with E-state index in [-0.39, 0.29) is 0 Å². The second-order valence-corrected chi connectivity index (χ2v) is 5.78. The summed E-state index contributed by atoms with van der Waals surface area (Å²) >= 11 is 0. The lowest BCUT2D eigenvalue weighted by atomic mass is 10.0. The van der Waals surface area contributed by atoms with Crippen LogP contribution in [0.1, 0.15) is 59.3 Å². The lowest BCUT2D eigenvalue weighted by molar-refractivity contribution is 0.0185. The SMILES string of the molecule is CCCCOCCNCC(O)COCC(CC)CCCC. The first kappa shape index (κ1) is 20.8. The van der Waals surface area contributed by atoms with Gasteiger partial charge in [0, 0.05) is 26.3 Å². The van der Waals surface area contributed by atoms with Gasteiger partial charge in [0.1, 0.15) is 0 Å². The molecule has 0 aliphatic heterocycles. The topological polar surface area (TPSA) is 50.7 Å². The molecule has 2 unspecified atom stereocenters. The molecular formula is C17H37NO3. The summed E-state index contributed by atoms with van der Waals surface area (Å²) in [5.41, 5.74) is 0. The molecule has 0 spiro atoms. The predicted octanol–water partition coefficient (Wildman–Crippen LogP) is 2.99. The van der Waals surface area contributed by atoms with E-state index >= 15 is 0 Å². The molecule has 0 heterocycles. The van der Waals surface area contributed by atoms with Gasteiger partial charge in [-0.2, -0.15) is 0 Å². The molecule has 4 nitrogen and oxygen atoms in total. The summed E-state index contributed by atoms with van der Waals surface area (Å²) in [6.07, 6.45) is 6.75. The molecule has 21 heavy (non-hydrogen) atoms. The Bertz CT molecular complexity index is 202. The molecule has 0 aliphatic rings. The summed E-state index contributed by atoms with van der Waals surface area (Å²) < 4.78 is 11.1. The molecule has 0 aromatic carbocycles. The third-order valence-electron chi connectivity index (χ3n) is 3.65. The monoisotopic (exact) mass is 303 g/mol. The van der Waals surface area contributed by atoms with Crippen LogP contribution in [0.5, 0.6) is 0 Å². The highest BCUT2D eigenvalue weighted by atomic mass is 16.5. The normalized spacial score (nSPS) is 14.3. The van der Waals surface area contributed by atoms with Crippen LogP contribution >= 0.6 is 0 Å². The zero-order valence-corrected chi connectivity index (χ0v) is 14.4. The van der Waals surface area contributed by atoms with E-state index < -0.39 is 6.10 Å². The van der Waals surface area contributed by atoms with E-state index in [0.717, 1.165) is 32.6 Å². The van der Waals surface area contributed by atoms with Crippen LogP contribution in [-0.4, -0.2) is 50.7 Å². The molecule has 0 radical (unpaired) electrons. The van der Waals surface area contributed by atoms with E-state index in [1.807, 2.05) is 0 Å². The van der Waals surface area contributed by atoms with E-state index in [9.17, 15) is 5.11 Å². The van der Waals surface area contributed by atoms with Crippen molar-refractivity contribution >= 4 is 0 Å². The molecular weight excluding hydrogens is 266 g/mol. The van der Waals surface area contributed by atoms with Crippen LogP contribution in [0.4, 0.5) is 0 Å². The number of hydrogen-bond acceptors (Lipinski definition) is 4. The van der Waals surface area contributed by atoms with Gasteiger partial charge in [-0.15, -0.1) is 0 Å². The zero-order chi connectivity index (χ0) is 15.8. The molecule has 0 saturated heterocycles. The molecule has 4 heteroatoms. The molecule has 0 saturated carbocycles. The maximum Gasteiger partial charge on any atom is 0.0897 e. The second-order valence-electron chi connectivity index (χ2n) is 5.78. The van der Waals surface area contributed by atoms with Gasteiger partial charge < -0.3 is 19.9 Å². The summed E-state index contributed by atoms with van der Waals surface area (Å²) in [6, 6.07) is 0. The number of hydrogen-bond donors (Lipinski definition) is 2. The fourth-order valence-corrected chi connectivity index (χ4v) is 2.09. The average Bonchev–Trinajstić information content (AvgIpc) is 2.49. The molecule has 0 aromatic rings. The van der Waals surface area contributed by atoms with Gasteiger partial charge in [0.25, 0.3) is 0 Å². The third kappa shape index (κ3) is 14.5. The van der Waals surface area contributed by atoms with Crippen LogP contribution in [-0.2, 0) is 9.47 Å². The van der Waals surface area contributed by atoms with Crippen molar-refractivity contribution in [1.82, 2.24) is 5.32 Å². The Labute approximate surface area is 131 Å². The van der Waals surface area contributed by atoms with E-state index in [0.29, 0.717) is 25.7 Å². The highest BCUT2D eigenvalue weighted by molar-refractivity contribution is 4.60. The van der Waals surface area contributed by atoms with Crippen LogP contribution in [0.3, 0.4) is 0 Å². The second kappa shape index (κ2) is 16.2. The van der Waals surface area contributed by atoms with E-state index in [1.165, 1.54) is 25.7 Å². The Morgan fingerprint density at radius 2 is 1.71 bits per heavy atom. The van der Waals surface area contributed by atoms with Gasteiger partial charge >= 0.3 is 0 Å². The first-order valence-electron chi connectivity index (χ1n) is 8.78. The molecule has 128 valence electrons. The van der Waals surface area contributed by atoms with Crippen molar-refractivity contribution in [2.24, 2.45) is 5.92 Å². The predicted molar refractivity (Wildman–Crippen MR) is 88.7 cm³/mol. The third-order valence-corrected chi connectivity index (χ3v) is 3.65. The molecule has 0 fully saturated rings. The summed E-state index contributed by atoms with van der Waals surface area (Å²) in [5.74, 6) is 0.636. The minimum atomic E-state index is -0.427. The van der Waals surface area contributed by atoms with Crippen LogP contribution in [0.15, 0.2) is 0 Å². The number of unbranched alkanes of at least 4 members (excludes halogenated alkanes) is 2. The van der Waals surface area contributed by atoms with Crippen LogP contribution in [0.25, 0.3) is 0 Å². The Kier molecular flexibility index (Phi) is 16.1. The van der Waals surface area contributed by atoms with Crippen molar-refractivity contribution in [3.8, 4) is 0 Å². The summed E-state index contributed by atoms with van der Waals surface area (Å²) in [7, 11) is 0. The van der Waals surface area contributed by atoms with Gasteiger partial charge in [0.15, 0.2) is 0 Å². The van der Waals surface area contributed by atoms with Crippen LogP contribution < -0.4 is 5.32 Å². The summed E-state index contributed by atoms with van der Waals surface area (Å²) in [6.45, 7) is 10.7. The highest BCUT2D eigenvalue weighted by Gasteiger charge is 2.08. The Balaban J connectivity index is 3.38. The molecule has 0 bridgehead atoms. The van der Waals surface area contributed by atoms with Gasteiger partial charge in [-0.05, 0) is 18.8 Å². The maximum atomic E-state index is 9.82. The van der Waals surface area contributed by atoms with Crippen molar-refractivity contribution in [3.05, 3.63) is 0 Å². The van der Waals surface area contributed by atoms with Gasteiger partial charge in [0.2, 0.25) is 0 Å². The quantitative estimate of drug-likeness (QED) is 0.430. The van der Waals surface area contributed by atoms with E-state index in [2.05, 4.69) is 26.1 Å². The van der Waals surface area contributed by atoms with Gasteiger partial charge in [-0.25, -0.2) is 0 Å². The number of ether oxygens (including phenoxy) is 2. The largest absolute Gasteiger partial charge is 0.389 e. The number of rotatable bonds is 16. The molecule has 0 aliphatic carbocycles. The molecule has 0 rings (SSSR count). The molecule has 0 aromatic heterocycles.